The molecule has 0 saturated carbocycles. The first kappa shape index (κ1) is 31.1. The minimum Gasteiger partial charge on any atom is -0.475 e. The number of nitrogens with one attached hydrogen (secondary N) is 3. The second-order valence-corrected chi connectivity index (χ2v) is 10.3. The molecule has 1 amide bonds. The van der Waals surface area contributed by atoms with Crippen molar-refractivity contribution in [3.8, 4) is 0 Å². The van der Waals surface area contributed by atoms with Gasteiger partial charge in [-0.25, -0.2) is 14.6 Å². The van der Waals surface area contributed by atoms with Crippen LogP contribution in [0, 0.1) is 0 Å². The summed E-state index contributed by atoms with van der Waals surface area (Å²) in [5.74, 6) is -2.85. The Labute approximate surface area is 257 Å². The highest BCUT2D eigenvalue weighted by Gasteiger charge is 2.38. The van der Waals surface area contributed by atoms with E-state index in [1.165, 1.54) is 10.8 Å². The molecule has 1 aliphatic rings. The zero-order valence-electron chi connectivity index (χ0n) is 23.2. The monoisotopic (exact) mass is 640 g/mol. The van der Waals surface area contributed by atoms with Gasteiger partial charge < -0.3 is 25.5 Å². The maximum Gasteiger partial charge on any atom is 0.490 e. The number of alkyl halides is 3. The van der Waals surface area contributed by atoms with Gasteiger partial charge in [0.15, 0.2) is 11.4 Å². The van der Waals surface area contributed by atoms with Crippen molar-refractivity contribution >= 4 is 57.7 Å². The number of hydrogen-bond acceptors (Lipinski definition) is 8. The molecule has 4 N–H and O–H groups in total. The van der Waals surface area contributed by atoms with E-state index in [0.29, 0.717) is 53.0 Å². The van der Waals surface area contributed by atoms with Crippen LogP contribution in [0.4, 0.5) is 36.3 Å². The minimum absolute atomic E-state index is 0.175. The van der Waals surface area contributed by atoms with Crippen molar-refractivity contribution in [2.75, 3.05) is 10.6 Å². The van der Waals surface area contributed by atoms with Crippen LogP contribution in [0.25, 0.3) is 11.1 Å². The van der Waals surface area contributed by atoms with Gasteiger partial charge in [0.1, 0.15) is 11.6 Å². The fourth-order valence-corrected chi connectivity index (χ4v) is 4.64. The van der Waals surface area contributed by atoms with E-state index in [2.05, 4.69) is 25.9 Å². The summed E-state index contributed by atoms with van der Waals surface area (Å²) in [7, 11) is 0. The van der Waals surface area contributed by atoms with Crippen molar-refractivity contribution in [1.29, 1.82) is 0 Å². The molecule has 1 aliphatic heterocycles. The van der Waals surface area contributed by atoms with Crippen LogP contribution in [-0.4, -0.2) is 37.7 Å². The van der Waals surface area contributed by atoms with Crippen molar-refractivity contribution in [3.63, 3.8) is 0 Å². The summed E-state index contributed by atoms with van der Waals surface area (Å²) in [6.07, 6.45) is -2.24. The first-order valence-electron chi connectivity index (χ1n) is 13.4. The molecule has 0 saturated heterocycles. The maximum atomic E-state index is 12.9. The van der Waals surface area contributed by atoms with Crippen LogP contribution in [0.5, 0.6) is 0 Å². The Hall–Kier alpha value is -5.37. The van der Waals surface area contributed by atoms with Gasteiger partial charge in [-0.1, -0.05) is 54.1 Å². The molecule has 11 nitrogen and oxygen atoms in total. The number of carboxylic acids is 1. The van der Waals surface area contributed by atoms with Crippen LogP contribution < -0.4 is 21.7 Å². The molecule has 0 radical (unpaired) electrons. The van der Waals surface area contributed by atoms with E-state index < -0.39 is 17.9 Å². The summed E-state index contributed by atoms with van der Waals surface area (Å²) in [5.41, 5.74) is 5.36. The fourth-order valence-electron chi connectivity index (χ4n) is 4.50. The molecular formula is C30H24ClF3N6O5. The molecule has 0 fully saturated rings. The number of rotatable bonds is 4. The number of amides is 1. The number of carbonyl (C=O) groups excluding carboxylic acids is 1. The molecule has 0 atom stereocenters. The molecule has 6 bridgehead atoms. The van der Waals surface area contributed by atoms with Gasteiger partial charge in [0, 0.05) is 17.9 Å². The largest absolute Gasteiger partial charge is 0.490 e. The number of benzene rings is 3. The van der Waals surface area contributed by atoms with E-state index in [0.717, 1.165) is 22.4 Å². The maximum absolute atomic E-state index is 12.9. The summed E-state index contributed by atoms with van der Waals surface area (Å²) in [5, 5.41) is 16.8. The number of fused-ring (bicyclic) bond motifs is 8. The number of aromatic nitrogens is 3. The Kier molecular flexibility index (Phi) is 9.04. The lowest BCUT2D eigenvalue weighted by Crippen LogP contribution is -2.30. The van der Waals surface area contributed by atoms with E-state index in [9.17, 15) is 22.8 Å². The second-order valence-electron chi connectivity index (χ2n) is 9.84. The molecule has 3 heterocycles. The standard InChI is InChI=1S/C28H23ClN6O3.C2HF3O2/c29-22-15-31-27-33-20-8-4-7-17(11-20)9-10-19-12-21(32-26(22)34-27)13-23-25(19)38-28(37)35(23)16-24(36)30-14-18-5-2-1-3-6-18;3-2(4,5)1(6)7/h1-8,11-13,15H,9-10,14,16H2,(H,30,36)(H2,31,32,33,34);(H,6,7). The highest BCUT2D eigenvalue weighted by atomic mass is 35.5. The fraction of sp³-hybridized carbons (Fsp3) is 0.167. The summed E-state index contributed by atoms with van der Waals surface area (Å²) in [4.78, 5) is 43.4. The smallest absolute Gasteiger partial charge is 0.475 e. The minimum atomic E-state index is -5.08. The summed E-state index contributed by atoms with van der Waals surface area (Å²) >= 11 is 6.40. The van der Waals surface area contributed by atoms with Crippen molar-refractivity contribution in [2.24, 2.45) is 0 Å². The number of oxazole rings is 1. The first-order valence-corrected chi connectivity index (χ1v) is 13.8. The van der Waals surface area contributed by atoms with Gasteiger partial charge >= 0.3 is 17.9 Å². The third kappa shape index (κ3) is 7.78. The van der Waals surface area contributed by atoms with Gasteiger partial charge in [-0.05, 0) is 53.8 Å². The zero-order chi connectivity index (χ0) is 32.1. The lowest BCUT2D eigenvalue weighted by atomic mass is 10.0. The highest BCUT2D eigenvalue weighted by molar-refractivity contribution is 6.32. The van der Waals surface area contributed by atoms with Crippen LogP contribution in [0.1, 0.15) is 16.7 Å². The van der Waals surface area contributed by atoms with Gasteiger partial charge in [-0.15, -0.1) is 0 Å². The number of carboxylic acid groups (broad SMARTS) is 1. The molecule has 2 aromatic heterocycles. The van der Waals surface area contributed by atoms with Crippen LogP contribution in [0.2, 0.25) is 5.02 Å². The van der Waals surface area contributed by atoms with Crippen molar-refractivity contribution in [1.82, 2.24) is 19.9 Å². The summed E-state index contributed by atoms with van der Waals surface area (Å²) < 4.78 is 38.8. The molecule has 15 heteroatoms. The van der Waals surface area contributed by atoms with Gasteiger partial charge in [0.25, 0.3) is 0 Å². The number of anilines is 4. The third-order valence-corrected chi connectivity index (χ3v) is 6.87. The van der Waals surface area contributed by atoms with E-state index >= 15 is 0 Å². The third-order valence-electron chi connectivity index (χ3n) is 6.60. The van der Waals surface area contributed by atoms with E-state index in [1.807, 2.05) is 60.7 Å². The molecule has 5 aromatic rings. The average Bonchev–Trinajstić information content (AvgIpc) is 3.31. The van der Waals surface area contributed by atoms with E-state index in [4.69, 9.17) is 25.9 Å². The Morgan fingerprint density at radius 3 is 2.51 bits per heavy atom. The molecule has 45 heavy (non-hydrogen) atoms. The normalized spacial score (nSPS) is 12.3. The number of hydrogen-bond donors (Lipinski definition) is 4. The number of carbonyl (C=O) groups is 2. The number of halogens is 4. The molecular weight excluding hydrogens is 617 g/mol. The van der Waals surface area contributed by atoms with Crippen LogP contribution >= 0.6 is 11.6 Å². The Bertz CT molecular complexity index is 1930. The topological polar surface area (TPSA) is 151 Å². The van der Waals surface area contributed by atoms with Crippen molar-refractivity contribution in [2.45, 2.75) is 32.1 Å². The van der Waals surface area contributed by atoms with Gasteiger partial charge in [-0.2, -0.15) is 18.2 Å². The number of aliphatic carboxylic acids is 1. The lowest BCUT2D eigenvalue weighted by molar-refractivity contribution is -0.192. The van der Waals surface area contributed by atoms with Crippen molar-refractivity contribution < 1.29 is 32.3 Å². The van der Waals surface area contributed by atoms with Crippen LogP contribution in [-0.2, 0) is 35.5 Å². The van der Waals surface area contributed by atoms with Crippen molar-refractivity contribution in [3.05, 3.63) is 105 Å². The van der Waals surface area contributed by atoms with Crippen LogP contribution in [0.15, 0.2) is 82.1 Å². The zero-order valence-corrected chi connectivity index (χ0v) is 23.9. The molecule has 0 unspecified atom stereocenters. The summed E-state index contributed by atoms with van der Waals surface area (Å²) in [6, 6.07) is 21.2. The predicted octanol–water partition coefficient (Wildman–Crippen LogP) is 5.57. The van der Waals surface area contributed by atoms with E-state index in [1.54, 1.807) is 6.07 Å². The molecule has 3 aromatic carbocycles. The quantitative estimate of drug-likeness (QED) is 0.197. The molecule has 0 spiro atoms. The summed E-state index contributed by atoms with van der Waals surface area (Å²) in [6.45, 7) is 0.190. The lowest BCUT2D eigenvalue weighted by Gasteiger charge is -2.12. The average molecular weight is 641 g/mol. The predicted molar refractivity (Wildman–Crippen MR) is 160 cm³/mol. The van der Waals surface area contributed by atoms with Gasteiger partial charge in [0.2, 0.25) is 11.9 Å². The SMILES string of the molecule is O=C(Cn1c(=O)oc2c3cc(cc21)Nc1nc(ncc1Cl)Nc1cccc(c1)CC3)NCc1ccccc1.O=C(O)C(F)(F)F. The second kappa shape index (κ2) is 13.1. The molecule has 232 valence electrons. The van der Waals surface area contributed by atoms with E-state index in [-0.39, 0.29) is 12.5 Å². The Morgan fingerprint density at radius 2 is 1.78 bits per heavy atom. The van der Waals surface area contributed by atoms with Crippen LogP contribution in [0.3, 0.4) is 0 Å². The molecule has 6 rings (SSSR count). The Morgan fingerprint density at radius 1 is 1.02 bits per heavy atom. The first-order chi connectivity index (χ1) is 21.5. The van der Waals surface area contributed by atoms with Gasteiger partial charge in [-0.3, -0.25) is 9.36 Å². The molecule has 0 aliphatic carbocycles. The number of nitrogens with zero attached hydrogens (tertiary/aromatic N) is 3. The Balaban J connectivity index is 0.000000515. The highest BCUT2D eigenvalue weighted by Crippen LogP contribution is 2.30. The van der Waals surface area contributed by atoms with Gasteiger partial charge in [0.05, 0.1) is 11.7 Å². The number of aryl methyl sites for hydroxylation is 2.